The molecule has 2 N–H and O–H groups in total. The fourth-order valence-electron chi connectivity index (χ4n) is 5.11. The monoisotopic (exact) mass is 465 g/mol. The standard InChI is InChI=1S/C27H32ClN3O2/c1-27(2)15-20-6-3-7-21(25(20)33-27)17-31-11-9-18(10-12-31)16-29-26(32)24-13-19-5-4-8-22(28)14-23(19)30-24/h3-7,13-14,18,30H,8-12,15-17H2,1-2H3,(H,29,32). The predicted octanol–water partition coefficient (Wildman–Crippen LogP) is 5.37. The van der Waals surface area contributed by atoms with Crippen LogP contribution in [-0.2, 0) is 13.0 Å². The molecule has 1 aliphatic carbocycles. The maximum absolute atomic E-state index is 12.7. The minimum atomic E-state index is -0.111. The maximum atomic E-state index is 12.7. The van der Waals surface area contributed by atoms with E-state index in [1.54, 1.807) is 0 Å². The topological polar surface area (TPSA) is 57.4 Å². The van der Waals surface area contributed by atoms with Crippen molar-refractivity contribution in [3.63, 3.8) is 0 Å². The minimum Gasteiger partial charge on any atom is -0.487 e. The van der Waals surface area contributed by atoms with Crippen molar-refractivity contribution in [2.24, 2.45) is 5.92 Å². The van der Waals surface area contributed by atoms with Crippen LogP contribution in [0.3, 0.4) is 0 Å². The number of allylic oxidation sites excluding steroid dienone is 2. The fraction of sp³-hybridized carbons (Fsp3) is 0.444. The molecule has 0 unspecified atom stereocenters. The Morgan fingerprint density at radius 1 is 1.30 bits per heavy atom. The van der Waals surface area contributed by atoms with Gasteiger partial charge in [-0.05, 0) is 69.0 Å². The highest BCUT2D eigenvalue weighted by Crippen LogP contribution is 2.38. The molecule has 3 aliphatic rings. The summed E-state index contributed by atoms with van der Waals surface area (Å²) in [6.45, 7) is 8.03. The number of aromatic nitrogens is 1. The molecule has 1 aromatic carbocycles. The lowest BCUT2D eigenvalue weighted by Gasteiger charge is -2.32. The molecule has 0 bridgehead atoms. The highest BCUT2D eigenvalue weighted by atomic mass is 35.5. The van der Waals surface area contributed by atoms with E-state index < -0.39 is 0 Å². The number of halogens is 1. The van der Waals surface area contributed by atoms with Gasteiger partial charge in [0.15, 0.2) is 0 Å². The average molecular weight is 466 g/mol. The number of hydrogen-bond acceptors (Lipinski definition) is 3. The molecule has 3 heterocycles. The van der Waals surface area contributed by atoms with E-state index >= 15 is 0 Å². The molecular weight excluding hydrogens is 434 g/mol. The van der Waals surface area contributed by atoms with Gasteiger partial charge < -0.3 is 15.0 Å². The number of rotatable bonds is 5. The van der Waals surface area contributed by atoms with Crippen molar-refractivity contribution < 1.29 is 9.53 Å². The Morgan fingerprint density at radius 3 is 2.94 bits per heavy atom. The largest absolute Gasteiger partial charge is 0.487 e. The Kier molecular flexibility index (Phi) is 6.11. The van der Waals surface area contributed by atoms with Gasteiger partial charge in [-0.25, -0.2) is 0 Å². The summed E-state index contributed by atoms with van der Waals surface area (Å²) in [5.41, 5.74) is 4.99. The van der Waals surface area contributed by atoms with Gasteiger partial charge >= 0.3 is 0 Å². The predicted molar refractivity (Wildman–Crippen MR) is 133 cm³/mol. The van der Waals surface area contributed by atoms with Crippen LogP contribution in [0, 0.1) is 5.92 Å². The number of nitrogens with zero attached hydrogens (tertiary/aromatic N) is 1. The third-order valence-electron chi connectivity index (χ3n) is 6.86. The normalized spacial score (nSPS) is 19.9. The number of benzene rings is 1. The van der Waals surface area contributed by atoms with E-state index in [2.05, 4.69) is 47.2 Å². The molecule has 33 heavy (non-hydrogen) atoms. The Morgan fingerprint density at radius 2 is 2.12 bits per heavy atom. The summed E-state index contributed by atoms with van der Waals surface area (Å²) in [5.74, 6) is 1.54. The summed E-state index contributed by atoms with van der Waals surface area (Å²) in [4.78, 5) is 18.4. The summed E-state index contributed by atoms with van der Waals surface area (Å²) >= 11 is 6.18. The minimum absolute atomic E-state index is 0.0527. The van der Waals surface area contributed by atoms with E-state index in [1.165, 1.54) is 11.1 Å². The number of aromatic amines is 1. The molecule has 0 spiro atoms. The summed E-state index contributed by atoms with van der Waals surface area (Å²) in [6, 6.07) is 8.44. The number of ether oxygens (including phenoxy) is 1. The van der Waals surface area contributed by atoms with Crippen LogP contribution >= 0.6 is 11.6 Å². The smallest absolute Gasteiger partial charge is 0.267 e. The van der Waals surface area contributed by atoms with Crippen LogP contribution in [-0.4, -0.2) is 41.0 Å². The zero-order chi connectivity index (χ0) is 23.0. The first-order valence-electron chi connectivity index (χ1n) is 11.9. The Labute approximate surface area is 200 Å². The number of carbonyl (C=O) groups is 1. The van der Waals surface area contributed by atoms with Gasteiger partial charge in [0, 0.05) is 42.2 Å². The number of hydrogen-bond donors (Lipinski definition) is 2. The fourth-order valence-corrected chi connectivity index (χ4v) is 5.30. The quantitative estimate of drug-likeness (QED) is 0.624. The highest BCUT2D eigenvalue weighted by molar-refractivity contribution is 6.31. The molecule has 1 saturated heterocycles. The molecule has 1 aromatic heterocycles. The van der Waals surface area contributed by atoms with Crippen molar-refractivity contribution in [2.45, 2.75) is 51.7 Å². The van der Waals surface area contributed by atoms with Gasteiger partial charge in [-0.15, -0.1) is 0 Å². The van der Waals surface area contributed by atoms with E-state index in [4.69, 9.17) is 16.3 Å². The Bertz CT molecular complexity index is 1110. The second-order valence-corrected chi connectivity index (χ2v) is 10.6. The van der Waals surface area contributed by atoms with Crippen molar-refractivity contribution >= 4 is 29.7 Å². The number of amides is 1. The third kappa shape index (κ3) is 5.04. The second kappa shape index (κ2) is 9.03. The molecule has 2 aromatic rings. The molecule has 0 atom stereocenters. The van der Waals surface area contributed by atoms with Crippen LogP contribution in [0.25, 0.3) is 12.2 Å². The Hall–Kier alpha value is -2.50. The SMILES string of the molecule is CC1(C)Cc2cccc(CN3CCC(CNC(=O)c4cc5c([nH]4)C=C(Cl)CC=C5)CC3)c2O1. The van der Waals surface area contributed by atoms with E-state index in [9.17, 15) is 4.79 Å². The summed E-state index contributed by atoms with van der Waals surface area (Å²) in [7, 11) is 0. The van der Waals surface area contributed by atoms with Gasteiger partial charge in [-0.1, -0.05) is 42.0 Å². The highest BCUT2D eigenvalue weighted by Gasteiger charge is 2.32. The molecule has 6 heteroatoms. The summed E-state index contributed by atoms with van der Waals surface area (Å²) < 4.78 is 6.25. The van der Waals surface area contributed by atoms with Crippen molar-refractivity contribution in [1.29, 1.82) is 0 Å². The molecule has 174 valence electrons. The first-order chi connectivity index (χ1) is 15.9. The van der Waals surface area contributed by atoms with Crippen molar-refractivity contribution in [2.75, 3.05) is 19.6 Å². The van der Waals surface area contributed by atoms with Crippen molar-refractivity contribution in [3.8, 4) is 5.75 Å². The van der Waals surface area contributed by atoms with Crippen LogP contribution in [0.15, 0.2) is 35.4 Å². The first kappa shape index (κ1) is 22.3. The third-order valence-corrected chi connectivity index (χ3v) is 7.12. The molecule has 1 fully saturated rings. The van der Waals surface area contributed by atoms with Crippen LogP contribution < -0.4 is 10.1 Å². The zero-order valence-electron chi connectivity index (χ0n) is 19.4. The van der Waals surface area contributed by atoms with E-state index in [0.29, 0.717) is 18.2 Å². The van der Waals surface area contributed by atoms with Gasteiger partial charge in [-0.2, -0.15) is 0 Å². The number of nitrogens with one attached hydrogen (secondary N) is 2. The lowest BCUT2D eigenvalue weighted by molar-refractivity contribution is 0.0929. The molecule has 2 aliphatic heterocycles. The van der Waals surface area contributed by atoms with Crippen LogP contribution in [0.5, 0.6) is 5.75 Å². The van der Waals surface area contributed by atoms with Gasteiger partial charge in [0.2, 0.25) is 0 Å². The number of carbonyl (C=O) groups excluding carboxylic acids is 1. The van der Waals surface area contributed by atoms with Crippen LogP contribution in [0.2, 0.25) is 0 Å². The number of fused-ring (bicyclic) bond motifs is 2. The molecule has 0 radical (unpaired) electrons. The van der Waals surface area contributed by atoms with E-state index in [1.807, 2.05) is 24.3 Å². The summed E-state index contributed by atoms with van der Waals surface area (Å²) in [6.07, 6.45) is 9.80. The van der Waals surface area contributed by atoms with E-state index in [0.717, 1.165) is 67.4 Å². The number of para-hydroxylation sites is 1. The van der Waals surface area contributed by atoms with E-state index in [-0.39, 0.29) is 11.5 Å². The Balaban J connectivity index is 1.12. The van der Waals surface area contributed by atoms with Gasteiger partial charge in [-0.3, -0.25) is 9.69 Å². The molecular formula is C27H32ClN3O2. The number of likely N-dealkylation sites (tertiary alicyclic amines) is 1. The molecule has 0 saturated carbocycles. The average Bonchev–Trinajstić information content (AvgIpc) is 3.27. The number of H-pyrrole nitrogens is 1. The van der Waals surface area contributed by atoms with Crippen LogP contribution in [0.1, 0.15) is 66.0 Å². The maximum Gasteiger partial charge on any atom is 0.267 e. The van der Waals surface area contributed by atoms with Crippen LogP contribution in [0.4, 0.5) is 0 Å². The molecule has 1 amide bonds. The van der Waals surface area contributed by atoms with Crippen molar-refractivity contribution in [3.05, 3.63) is 63.5 Å². The first-order valence-corrected chi connectivity index (χ1v) is 12.3. The lowest BCUT2D eigenvalue weighted by atomic mass is 9.96. The molecule has 5 nitrogen and oxygen atoms in total. The molecule has 5 rings (SSSR count). The van der Waals surface area contributed by atoms with Gasteiger partial charge in [0.25, 0.3) is 5.91 Å². The zero-order valence-corrected chi connectivity index (χ0v) is 20.2. The number of piperidine rings is 1. The lowest BCUT2D eigenvalue weighted by Crippen LogP contribution is -2.38. The van der Waals surface area contributed by atoms with Gasteiger partial charge in [0.1, 0.15) is 17.0 Å². The van der Waals surface area contributed by atoms with Crippen molar-refractivity contribution in [1.82, 2.24) is 15.2 Å². The summed E-state index contributed by atoms with van der Waals surface area (Å²) in [5, 5.41) is 3.89. The second-order valence-electron chi connectivity index (χ2n) is 10.1. The van der Waals surface area contributed by atoms with Gasteiger partial charge in [0.05, 0.1) is 0 Å².